The number of nitrogens with zero attached hydrogens (tertiary/aromatic N) is 1. The molecule has 0 saturated carbocycles. The van der Waals surface area contributed by atoms with Crippen molar-refractivity contribution < 1.29 is 9.90 Å². The van der Waals surface area contributed by atoms with E-state index in [-0.39, 0.29) is 11.1 Å². The SMILES string of the molecule is N#Cc1cc(C(N)=O)c(O)[nH]c1=O. The van der Waals surface area contributed by atoms with Gasteiger partial charge in [0.1, 0.15) is 17.2 Å². The van der Waals surface area contributed by atoms with Crippen LogP contribution in [0.4, 0.5) is 0 Å². The summed E-state index contributed by atoms with van der Waals surface area (Å²) in [6, 6.07) is 2.50. The highest BCUT2D eigenvalue weighted by molar-refractivity contribution is 5.95. The number of carbonyl (C=O) groups excluding carboxylic acids is 1. The Hall–Kier alpha value is -2.29. The molecule has 1 aromatic rings. The standard InChI is InChI=1S/C7H5N3O3/c8-2-3-1-4(5(9)11)7(13)10-6(3)12/h1H,(H2,9,11)(H2,10,12,13). The van der Waals surface area contributed by atoms with Gasteiger partial charge in [-0.25, -0.2) is 0 Å². The van der Waals surface area contributed by atoms with Crippen molar-refractivity contribution in [3.8, 4) is 11.9 Å². The van der Waals surface area contributed by atoms with Crippen LogP contribution in [0, 0.1) is 11.3 Å². The van der Waals surface area contributed by atoms with E-state index < -0.39 is 17.3 Å². The lowest BCUT2D eigenvalue weighted by atomic mass is 10.2. The maximum Gasteiger partial charge on any atom is 0.268 e. The Balaban J connectivity index is 3.51. The molecular formula is C7H5N3O3. The molecule has 6 heteroatoms. The molecule has 13 heavy (non-hydrogen) atoms. The lowest BCUT2D eigenvalue weighted by molar-refractivity contribution is 0.0997. The quantitative estimate of drug-likeness (QED) is 0.514. The Morgan fingerprint density at radius 1 is 1.69 bits per heavy atom. The normalized spacial score (nSPS) is 9.15. The van der Waals surface area contributed by atoms with Gasteiger partial charge < -0.3 is 10.8 Å². The van der Waals surface area contributed by atoms with Crippen molar-refractivity contribution in [2.45, 2.75) is 0 Å². The average molecular weight is 179 g/mol. The van der Waals surface area contributed by atoms with E-state index in [9.17, 15) is 9.59 Å². The number of amides is 1. The third-order valence-corrected chi connectivity index (χ3v) is 1.41. The topological polar surface area (TPSA) is 120 Å². The summed E-state index contributed by atoms with van der Waals surface area (Å²) >= 11 is 0. The van der Waals surface area contributed by atoms with Gasteiger partial charge in [0, 0.05) is 0 Å². The van der Waals surface area contributed by atoms with Crippen molar-refractivity contribution in [2.24, 2.45) is 5.73 Å². The predicted octanol–water partition coefficient (Wildman–Crippen LogP) is -0.949. The second-order valence-corrected chi connectivity index (χ2v) is 2.25. The molecule has 0 fully saturated rings. The molecule has 1 aromatic heterocycles. The fraction of sp³-hybridized carbons (Fsp3) is 0. The molecular weight excluding hydrogens is 174 g/mol. The van der Waals surface area contributed by atoms with Crippen molar-refractivity contribution in [3.63, 3.8) is 0 Å². The number of aromatic nitrogens is 1. The monoisotopic (exact) mass is 179 g/mol. The summed E-state index contributed by atoms with van der Waals surface area (Å²) in [6.07, 6.45) is 0. The van der Waals surface area contributed by atoms with E-state index >= 15 is 0 Å². The van der Waals surface area contributed by atoms with Crippen LogP contribution < -0.4 is 11.3 Å². The fourth-order valence-electron chi connectivity index (χ4n) is 0.791. The predicted molar refractivity (Wildman–Crippen MR) is 42.0 cm³/mol. The van der Waals surface area contributed by atoms with Crippen LogP contribution in [0.5, 0.6) is 5.88 Å². The third kappa shape index (κ3) is 1.49. The first kappa shape index (κ1) is 8.80. The zero-order valence-electron chi connectivity index (χ0n) is 6.37. The lowest BCUT2D eigenvalue weighted by Crippen LogP contribution is -2.17. The third-order valence-electron chi connectivity index (χ3n) is 1.41. The van der Waals surface area contributed by atoms with Crippen LogP contribution in [0.25, 0.3) is 0 Å². The minimum atomic E-state index is -0.912. The van der Waals surface area contributed by atoms with Gasteiger partial charge in [0.2, 0.25) is 5.88 Å². The molecule has 1 rings (SSSR count). The van der Waals surface area contributed by atoms with Gasteiger partial charge in [-0.3, -0.25) is 14.6 Å². The number of hydrogen-bond acceptors (Lipinski definition) is 4. The minimum Gasteiger partial charge on any atom is -0.494 e. The number of nitrogens with two attached hydrogens (primary N) is 1. The van der Waals surface area contributed by atoms with E-state index in [1.807, 2.05) is 4.98 Å². The van der Waals surface area contributed by atoms with Crippen LogP contribution in [-0.4, -0.2) is 16.0 Å². The fourth-order valence-corrected chi connectivity index (χ4v) is 0.791. The van der Waals surface area contributed by atoms with Crippen LogP contribution in [0.3, 0.4) is 0 Å². The lowest BCUT2D eigenvalue weighted by Gasteiger charge is -1.98. The Morgan fingerprint density at radius 3 is 2.77 bits per heavy atom. The number of carbonyl (C=O) groups is 1. The van der Waals surface area contributed by atoms with Crippen molar-refractivity contribution >= 4 is 5.91 Å². The molecule has 0 unspecified atom stereocenters. The van der Waals surface area contributed by atoms with Crippen molar-refractivity contribution in [3.05, 3.63) is 27.5 Å². The number of H-pyrrole nitrogens is 1. The van der Waals surface area contributed by atoms with Gasteiger partial charge in [0.05, 0.1) is 0 Å². The van der Waals surface area contributed by atoms with E-state index in [0.29, 0.717) is 0 Å². The number of hydrogen-bond donors (Lipinski definition) is 3. The van der Waals surface area contributed by atoms with Crippen LogP contribution in [0.15, 0.2) is 10.9 Å². The summed E-state index contributed by atoms with van der Waals surface area (Å²) in [5.41, 5.74) is 3.55. The van der Waals surface area contributed by atoms with Crippen molar-refractivity contribution in [1.29, 1.82) is 5.26 Å². The highest BCUT2D eigenvalue weighted by atomic mass is 16.3. The summed E-state index contributed by atoms with van der Waals surface area (Å²) in [6.45, 7) is 0. The number of nitrogens with one attached hydrogen (secondary N) is 1. The van der Waals surface area contributed by atoms with Crippen LogP contribution in [0.1, 0.15) is 15.9 Å². The summed E-state index contributed by atoms with van der Waals surface area (Å²) in [5.74, 6) is -1.54. The molecule has 0 aliphatic carbocycles. The van der Waals surface area contributed by atoms with Gasteiger partial charge in [-0.05, 0) is 6.07 Å². The number of nitriles is 1. The van der Waals surface area contributed by atoms with Crippen molar-refractivity contribution in [2.75, 3.05) is 0 Å². The molecule has 0 aliphatic rings. The summed E-state index contributed by atoms with van der Waals surface area (Å²) in [4.78, 5) is 23.4. The maximum absolute atomic E-state index is 10.9. The van der Waals surface area contributed by atoms with E-state index in [1.54, 1.807) is 6.07 Å². The molecule has 0 saturated heterocycles. The highest BCUT2D eigenvalue weighted by Crippen LogP contribution is 2.10. The molecule has 0 atom stereocenters. The summed E-state index contributed by atoms with van der Waals surface area (Å²) < 4.78 is 0. The van der Waals surface area contributed by atoms with E-state index in [4.69, 9.17) is 16.1 Å². The molecule has 0 aromatic carbocycles. The second-order valence-electron chi connectivity index (χ2n) is 2.25. The van der Waals surface area contributed by atoms with E-state index in [1.165, 1.54) is 0 Å². The Labute approximate surface area is 72.2 Å². The van der Waals surface area contributed by atoms with Gasteiger partial charge in [0.15, 0.2) is 0 Å². The minimum absolute atomic E-state index is 0.272. The van der Waals surface area contributed by atoms with Crippen molar-refractivity contribution in [1.82, 2.24) is 4.98 Å². The largest absolute Gasteiger partial charge is 0.494 e. The molecule has 1 heterocycles. The van der Waals surface area contributed by atoms with Crippen LogP contribution >= 0.6 is 0 Å². The first-order chi connectivity index (χ1) is 6.06. The number of pyridine rings is 1. The van der Waals surface area contributed by atoms with Crippen LogP contribution in [0.2, 0.25) is 0 Å². The Kier molecular flexibility index (Phi) is 2.02. The first-order valence-corrected chi connectivity index (χ1v) is 3.22. The molecule has 66 valence electrons. The maximum atomic E-state index is 10.9. The number of aromatic hydroxyl groups is 1. The summed E-state index contributed by atoms with van der Waals surface area (Å²) in [5, 5.41) is 17.4. The zero-order chi connectivity index (χ0) is 10.0. The molecule has 0 radical (unpaired) electrons. The molecule has 4 N–H and O–H groups in total. The van der Waals surface area contributed by atoms with Gasteiger partial charge in [-0.1, -0.05) is 0 Å². The highest BCUT2D eigenvalue weighted by Gasteiger charge is 2.11. The Bertz CT molecular complexity index is 455. The smallest absolute Gasteiger partial charge is 0.268 e. The van der Waals surface area contributed by atoms with E-state index in [2.05, 4.69) is 0 Å². The van der Waals surface area contributed by atoms with Gasteiger partial charge in [-0.2, -0.15) is 5.26 Å². The number of aromatic amines is 1. The molecule has 0 spiro atoms. The van der Waals surface area contributed by atoms with Crippen LogP contribution in [-0.2, 0) is 0 Å². The molecule has 6 nitrogen and oxygen atoms in total. The Morgan fingerprint density at radius 2 is 2.31 bits per heavy atom. The first-order valence-electron chi connectivity index (χ1n) is 3.22. The molecule has 0 aliphatic heterocycles. The number of primary amides is 1. The van der Waals surface area contributed by atoms with E-state index in [0.717, 1.165) is 6.07 Å². The second kappa shape index (κ2) is 2.98. The zero-order valence-corrected chi connectivity index (χ0v) is 6.37. The summed E-state index contributed by atoms with van der Waals surface area (Å²) in [7, 11) is 0. The molecule has 0 bridgehead atoms. The molecule has 1 amide bonds. The van der Waals surface area contributed by atoms with Gasteiger partial charge in [0.25, 0.3) is 11.5 Å². The average Bonchev–Trinajstić information content (AvgIpc) is 2.03. The van der Waals surface area contributed by atoms with Gasteiger partial charge >= 0.3 is 0 Å². The van der Waals surface area contributed by atoms with Gasteiger partial charge in [-0.15, -0.1) is 0 Å². The number of rotatable bonds is 1.